The summed E-state index contributed by atoms with van der Waals surface area (Å²) in [6.07, 6.45) is 4.64. The van der Waals surface area contributed by atoms with E-state index in [1.54, 1.807) is 11.8 Å². The lowest BCUT2D eigenvalue weighted by Gasteiger charge is -2.31. The summed E-state index contributed by atoms with van der Waals surface area (Å²) in [6, 6.07) is -0.762. The molecule has 0 bridgehead atoms. The van der Waals surface area contributed by atoms with Crippen molar-refractivity contribution < 1.29 is 19.4 Å². The van der Waals surface area contributed by atoms with E-state index in [-0.39, 0.29) is 24.5 Å². The molecule has 1 rings (SSSR count). The predicted molar refractivity (Wildman–Crippen MR) is 71.5 cm³/mol. The predicted octanol–water partition coefficient (Wildman–Crippen LogP) is 1.48. The van der Waals surface area contributed by atoms with Crippen molar-refractivity contribution in [2.45, 2.75) is 64.5 Å². The van der Waals surface area contributed by atoms with E-state index in [4.69, 9.17) is 4.74 Å². The molecule has 5 nitrogen and oxygen atoms in total. The quantitative estimate of drug-likeness (QED) is 0.536. The molecule has 0 aliphatic carbocycles. The molecule has 0 aromatic heterocycles. The molecule has 1 unspecified atom stereocenters. The summed E-state index contributed by atoms with van der Waals surface area (Å²) in [6.45, 7) is 4.08. The fourth-order valence-electron chi connectivity index (χ4n) is 2.57. The second-order valence-corrected chi connectivity index (χ2v) is 4.94. The van der Waals surface area contributed by atoms with E-state index < -0.39 is 6.04 Å². The van der Waals surface area contributed by atoms with Gasteiger partial charge < -0.3 is 14.7 Å². The van der Waals surface area contributed by atoms with Crippen LogP contribution in [0.1, 0.15) is 52.4 Å². The number of nitrogens with zero attached hydrogens (tertiary/aromatic N) is 1. The number of carbonyl (C=O) groups is 2. The van der Waals surface area contributed by atoms with Crippen LogP contribution in [-0.4, -0.2) is 47.2 Å². The molecule has 0 aromatic rings. The van der Waals surface area contributed by atoms with Crippen molar-refractivity contribution in [3.63, 3.8) is 0 Å². The zero-order valence-electron chi connectivity index (χ0n) is 11.9. The van der Waals surface area contributed by atoms with Gasteiger partial charge in [-0.15, -0.1) is 0 Å². The van der Waals surface area contributed by atoms with Crippen molar-refractivity contribution >= 4 is 11.9 Å². The molecule has 1 saturated heterocycles. The van der Waals surface area contributed by atoms with Crippen LogP contribution in [0, 0.1) is 0 Å². The van der Waals surface area contributed by atoms with Gasteiger partial charge in [-0.3, -0.25) is 4.79 Å². The van der Waals surface area contributed by atoms with Gasteiger partial charge in [0.1, 0.15) is 6.04 Å². The first-order valence-electron chi connectivity index (χ1n) is 7.24. The molecule has 1 aliphatic rings. The van der Waals surface area contributed by atoms with E-state index in [0.29, 0.717) is 25.9 Å². The van der Waals surface area contributed by atoms with Gasteiger partial charge in [-0.25, -0.2) is 4.79 Å². The summed E-state index contributed by atoms with van der Waals surface area (Å²) < 4.78 is 5.07. The van der Waals surface area contributed by atoms with Crippen LogP contribution in [-0.2, 0) is 14.3 Å². The minimum absolute atomic E-state index is 0.0476. The molecule has 5 heteroatoms. The lowest BCUT2D eigenvalue weighted by atomic mass is 10.1. The number of carbonyl (C=O) groups excluding carboxylic acids is 2. The number of amides is 1. The number of ether oxygens (including phenoxy) is 1. The van der Waals surface area contributed by atoms with Crippen molar-refractivity contribution in [2.75, 3.05) is 13.2 Å². The first-order chi connectivity index (χ1) is 9.15. The molecule has 1 amide bonds. The Bertz CT molecular complexity index is 306. The highest BCUT2D eigenvalue weighted by atomic mass is 16.5. The van der Waals surface area contributed by atoms with Crippen LogP contribution in [0.15, 0.2) is 0 Å². The van der Waals surface area contributed by atoms with E-state index in [2.05, 4.69) is 6.92 Å². The lowest BCUT2D eigenvalue weighted by molar-refractivity contribution is -0.155. The van der Waals surface area contributed by atoms with Crippen LogP contribution in [0.4, 0.5) is 0 Å². The average Bonchev–Trinajstić information content (AvgIpc) is 2.76. The fourth-order valence-corrected chi connectivity index (χ4v) is 2.57. The van der Waals surface area contributed by atoms with E-state index >= 15 is 0 Å². The first-order valence-corrected chi connectivity index (χ1v) is 7.24. The molecule has 2 atom stereocenters. The highest BCUT2D eigenvalue weighted by Gasteiger charge is 2.39. The van der Waals surface area contributed by atoms with Gasteiger partial charge in [-0.05, 0) is 19.8 Å². The number of likely N-dealkylation sites (tertiary alicyclic amines) is 1. The van der Waals surface area contributed by atoms with Crippen molar-refractivity contribution in [1.29, 1.82) is 0 Å². The van der Waals surface area contributed by atoms with Crippen LogP contribution in [0.3, 0.4) is 0 Å². The number of hydrogen-bond donors (Lipinski definition) is 1. The smallest absolute Gasteiger partial charge is 0.328 e. The molecular weight excluding hydrogens is 246 g/mol. The second-order valence-electron chi connectivity index (χ2n) is 4.94. The number of aliphatic hydroxyl groups is 1. The number of esters is 1. The Balaban J connectivity index is 2.75. The van der Waals surface area contributed by atoms with Gasteiger partial charge in [-0.1, -0.05) is 26.2 Å². The minimum atomic E-state index is -0.529. The third-order valence-electron chi connectivity index (χ3n) is 3.56. The van der Waals surface area contributed by atoms with Crippen LogP contribution < -0.4 is 0 Å². The van der Waals surface area contributed by atoms with E-state index in [0.717, 1.165) is 19.3 Å². The van der Waals surface area contributed by atoms with Gasteiger partial charge in [0, 0.05) is 6.42 Å². The zero-order valence-corrected chi connectivity index (χ0v) is 11.9. The molecule has 1 heterocycles. The molecule has 0 spiro atoms. The molecule has 1 fully saturated rings. The maximum absolute atomic E-state index is 12.0. The summed E-state index contributed by atoms with van der Waals surface area (Å²) in [5.41, 5.74) is 0. The Morgan fingerprint density at radius 3 is 2.79 bits per heavy atom. The second kappa shape index (κ2) is 8.15. The van der Waals surface area contributed by atoms with Crippen molar-refractivity contribution in [1.82, 2.24) is 4.90 Å². The van der Waals surface area contributed by atoms with Crippen molar-refractivity contribution in [3.8, 4) is 0 Å². The Morgan fingerprint density at radius 1 is 1.47 bits per heavy atom. The molecule has 19 heavy (non-hydrogen) atoms. The zero-order chi connectivity index (χ0) is 14.3. The molecule has 1 N–H and O–H groups in total. The van der Waals surface area contributed by atoms with E-state index in [9.17, 15) is 14.7 Å². The molecule has 1 aliphatic heterocycles. The minimum Gasteiger partial charge on any atom is -0.464 e. The van der Waals surface area contributed by atoms with Gasteiger partial charge in [0.2, 0.25) is 5.91 Å². The summed E-state index contributed by atoms with van der Waals surface area (Å²) in [5, 5.41) is 9.34. The third kappa shape index (κ3) is 4.20. The SMILES string of the molecule is CCCCC[C@H](C(=O)OCC)N1C(=O)CCC1CO. The summed E-state index contributed by atoms with van der Waals surface area (Å²) in [4.78, 5) is 25.5. The number of hydrogen-bond acceptors (Lipinski definition) is 4. The van der Waals surface area contributed by atoms with E-state index in [1.807, 2.05) is 0 Å². The Morgan fingerprint density at radius 2 is 2.21 bits per heavy atom. The third-order valence-corrected chi connectivity index (χ3v) is 3.56. The Kier molecular flexibility index (Phi) is 6.84. The van der Waals surface area contributed by atoms with Crippen LogP contribution in [0.5, 0.6) is 0 Å². The lowest BCUT2D eigenvalue weighted by Crippen LogP contribution is -2.48. The van der Waals surface area contributed by atoms with Crippen LogP contribution >= 0.6 is 0 Å². The van der Waals surface area contributed by atoms with Gasteiger partial charge in [0.15, 0.2) is 0 Å². The largest absolute Gasteiger partial charge is 0.464 e. The number of unbranched alkanes of at least 4 members (excludes halogenated alkanes) is 2. The van der Waals surface area contributed by atoms with Crippen molar-refractivity contribution in [3.05, 3.63) is 0 Å². The highest BCUT2D eigenvalue weighted by molar-refractivity contribution is 5.86. The highest BCUT2D eigenvalue weighted by Crippen LogP contribution is 2.24. The maximum atomic E-state index is 12.0. The van der Waals surface area contributed by atoms with E-state index in [1.165, 1.54) is 0 Å². The molecule has 0 aromatic carbocycles. The standard InChI is InChI=1S/C14H25NO4/c1-3-5-6-7-12(14(18)19-4-2)15-11(10-16)8-9-13(15)17/h11-12,16H,3-10H2,1-2H3/t11?,12-/m1/s1. The number of rotatable bonds is 8. The normalized spacial score (nSPS) is 20.7. The first kappa shape index (κ1) is 16.0. The van der Waals surface area contributed by atoms with Gasteiger partial charge in [0.25, 0.3) is 0 Å². The fraction of sp³-hybridized carbons (Fsp3) is 0.857. The average molecular weight is 271 g/mol. The monoisotopic (exact) mass is 271 g/mol. The van der Waals surface area contributed by atoms with Crippen LogP contribution in [0.2, 0.25) is 0 Å². The molecule has 110 valence electrons. The number of aliphatic hydroxyl groups excluding tert-OH is 1. The summed E-state index contributed by atoms with van der Waals surface area (Å²) in [7, 11) is 0. The van der Waals surface area contributed by atoms with Crippen molar-refractivity contribution in [2.24, 2.45) is 0 Å². The molecule has 0 radical (unpaired) electrons. The summed E-state index contributed by atoms with van der Waals surface area (Å²) in [5.74, 6) is -0.388. The molecular formula is C14H25NO4. The Hall–Kier alpha value is -1.10. The van der Waals surface area contributed by atoms with Gasteiger partial charge in [-0.2, -0.15) is 0 Å². The maximum Gasteiger partial charge on any atom is 0.328 e. The molecule has 0 saturated carbocycles. The Labute approximate surface area is 114 Å². The van der Waals surface area contributed by atoms with Gasteiger partial charge in [0.05, 0.1) is 19.3 Å². The summed E-state index contributed by atoms with van der Waals surface area (Å²) >= 11 is 0. The van der Waals surface area contributed by atoms with Crippen LogP contribution in [0.25, 0.3) is 0 Å². The van der Waals surface area contributed by atoms with Gasteiger partial charge >= 0.3 is 5.97 Å². The topological polar surface area (TPSA) is 66.8 Å².